The molecule has 0 aromatic heterocycles. The van der Waals surface area contributed by atoms with Gasteiger partial charge in [0.2, 0.25) is 0 Å². The highest BCUT2D eigenvalue weighted by atomic mass is 127. The fourth-order valence-electron chi connectivity index (χ4n) is 2.55. The third kappa shape index (κ3) is 9.15. The SMILES string of the molecule is C#CC(I)C(CCC)[N+](C)(C)CCCCCCC.[Cl-]. The molecule has 0 N–H and O–H groups in total. The summed E-state index contributed by atoms with van der Waals surface area (Å²) in [5, 5.41) is 0. The molecule has 0 fully saturated rings. The van der Waals surface area contributed by atoms with Crippen LogP contribution in [-0.4, -0.2) is 35.1 Å². The van der Waals surface area contributed by atoms with E-state index in [4.69, 9.17) is 6.42 Å². The summed E-state index contributed by atoms with van der Waals surface area (Å²) in [4.78, 5) is 0. The Kier molecular flexibility index (Phi) is 14.1. The maximum Gasteiger partial charge on any atom is 0.123 e. The Labute approximate surface area is 141 Å². The molecular weight excluding hydrogens is 369 g/mol. The Morgan fingerprint density at radius 3 is 2.11 bits per heavy atom. The first-order valence-electron chi connectivity index (χ1n) is 7.42. The predicted molar refractivity (Wildman–Crippen MR) is 91.1 cm³/mol. The van der Waals surface area contributed by atoms with Crippen molar-refractivity contribution in [2.75, 3.05) is 20.6 Å². The molecule has 0 aromatic carbocycles. The van der Waals surface area contributed by atoms with E-state index in [2.05, 4.69) is 56.5 Å². The molecule has 0 heterocycles. The molecule has 0 aliphatic carbocycles. The lowest BCUT2D eigenvalue weighted by Gasteiger charge is -2.39. The van der Waals surface area contributed by atoms with Crippen molar-refractivity contribution in [3.05, 3.63) is 0 Å². The molecule has 0 aliphatic rings. The van der Waals surface area contributed by atoms with Gasteiger partial charge in [-0.05, 0) is 12.8 Å². The van der Waals surface area contributed by atoms with Gasteiger partial charge < -0.3 is 16.9 Å². The molecule has 0 radical (unpaired) electrons. The number of unbranched alkanes of at least 4 members (excludes halogenated alkanes) is 4. The van der Waals surface area contributed by atoms with Gasteiger partial charge >= 0.3 is 0 Å². The lowest BCUT2D eigenvalue weighted by molar-refractivity contribution is -0.914. The van der Waals surface area contributed by atoms with Crippen molar-refractivity contribution in [1.29, 1.82) is 0 Å². The Hall–Kier alpha value is 0.540. The molecule has 0 amide bonds. The fraction of sp³-hybridized carbons (Fsp3) is 0.875. The molecule has 19 heavy (non-hydrogen) atoms. The maximum atomic E-state index is 5.63. The van der Waals surface area contributed by atoms with Gasteiger partial charge in [0.15, 0.2) is 0 Å². The summed E-state index contributed by atoms with van der Waals surface area (Å²) in [5.74, 6) is 2.94. The second-order valence-electron chi connectivity index (χ2n) is 5.84. The number of nitrogens with zero attached hydrogens (tertiary/aromatic N) is 1. The van der Waals surface area contributed by atoms with Gasteiger partial charge in [0.25, 0.3) is 0 Å². The van der Waals surface area contributed by atoms with Crippen LogP contribution in [0.3, 0.4) is 0 Å². The highest BCUT2D eigenvalue weighted by Gasteiger charge is 2.32. The number of quaternary nitrogens is 1. The minimum Gasteiger partial charge on any atom is -1.00 e. The topological polar surface area (TPSA) is 0 Å². The lowest BCUT2D eigenvalue weighted by atomic mass is 10.0. The first-order valence-corrected chi connectivity index (χ1v) is 8.67. The number of hydrogen-bond donors (Lipinski definition) is 0. The monoisotopic (exact) mass is 399 g/mol. The fourth-order valence-corrected chi connectivity index (χ4v) is 3.78. The number of terminal acetylenes is 1. The average Bonchev–Trinajstić information content (AvgIpc) is 2.34. The van der Waals surface area contributed by atoms with E-state index >= 15 is 0 Å². The zero-order valence-corrected chi connectivity index (χ0v) is 16.0. The van der Waals surface area contributed by atoms with Gasteiger partial charge in [-0.25, -0.2) is 0 Å². The average molecular weight is 400 g/mol. The van der Waals surface area contributed by atoms with Crippen molar-refractivity contribution in [1.82, 2.24) is 0 Å². The number of alkyl halides is 1. The Morgan fingerprint density at radius 1 is 1.05 bits per heavy atom. The van der Waals surface area contributed by atoms with E-state index in [0.717, 1.165) is 4.48 Å². The largest absolute Gasteiger partial charge is 1.00 e. The minimum absolute atomic E-state index is 0. The van der Waals surface area contributed by atoms with E-state index in [1.165, 1.54) is 51.5 Å². The van der Waals surface area contributed by atoms with Crippen molar-refractivity contribution in [2.45, 2.75) is 68.8 Å². The van der Waals surface area contributed by atoms with Gasteiger partial charge in [-0.1, -0.05) is 68.0 Å². The quantitative estimate of drug-likeness (QED) is 0.172. The summed E-state index contributed by atoms with van der Waals surface area (Å²) < 4.78 is 1.44. The first-order chi connectivity index (χ1) is 8.49. The second kappa shape index (κ2) is 12.3. The molecule has 0 bridgehead atoms. The highest BCUT2D eigenvalue weighted by Crippen LogP contribution is 2.23. The van der Waals surface area contributed by atoms with Crippen LogP contribution in [0.15, 0.2) is 0 Å². The van der Waals surface area contributed by atoms with Gasteiger partial charge in [-0.15, -0.1) is 6.42 Å². The molecule has 114 valence electrons. The summed E-state index contributed by atoms with van der Waals surface area (Å²) in [7, 11) is 4.70. The number of hydrogen-bond acceptors (Lipinski definition) is 0. The molecule has 0 saturated heterocycles. The molecule has 0 spiro atoms. The van der Waals surface area contributed by atoms with E-state index < -0.39 is 0 Å². The molecule has 3 heteroatoms. The van der Waals surface area contributed by atoms with Crippen LogP contribution in [0.25, 0.3) is 0 Å². The van der Waals surface area contributed by atoms with Crippen molar-refractivity contribution >= 4 is 22.6 Å². The standard InChI is InChI=1S/C16H31IN.ClH/c1-6-9-10-11-12-14-18(4,5)16(13-7-2)15(17)8-3;/h3,15-16H,6-7,9-14H2,1-2,4-5H3;1H/q+1;/p-1. The van der Waals surface area contributed by atoms with Crippen LogP contribution in [0.5, 0.6) is 0 Å². The van der Waals surface area contributed by atoms with Gasteiger partial charge in [0, 0.05) is 6.42 Å². The second-order valence-corrected chi connectivity index (χ2v) is 7.18. The van der Waals surface area contributed by atoms with E-state index in [1.807, 2.05) is 0 Å². The van der Waals surface area contributed by atoms with Crippen LogP contribution in [0.4, 0.5) is 0 Å². The molecule has 0 aliphatic heterocycles. The molecule has 0 saturated carbocycles. The zero-order valence-electron chi connectivity index (χ0n) is 13.1. The zero-order chi connectivity index (χ0) is 14.0. The molecule has 0 rings (SSSR count). The van der Waals surface area contributed by atoms with Gasteiger partial charge in [-0.2, -0.15) is 0 Å². The molecule has 2 unspecified atom stereocenters. The smallest absolute Gasteiger partial charge is 0.123 e. The third-order valence-electron chi connectivity index (χ3n) is 3.82. The summed E-state index contributed by atoms with van der Waals surface area (Å²) in [6, 6.07) is 0.603. The van der Waals surface area contributed by atoms with Crippen molar-refractivity contribution in [2.24, 2.45) is 0 Å². The van der Waals surface area contributed by atoms with Crippen LogP contribution < -0.4 is 12.4 Å². The normalized spacial score (nSPS) is 14.3. The van der Waals surface area contributed by atoms with E-state index in [1.54, 1.807) is 0 Å². The van der Waals surface area contributed by atoms with Crippen LogP contribution in [-0.2, 0) is 0 Å². The van der Waals surface area contributed by atoms with E-state index in [9.17, 15) is 0 Å². The molecular formula is C16H31ClIN. The molecule has 1 nitrogen and oxygen atoms in total. The minimum atomic E-state index is 0. The molecule has 2 atom stereocenters. The molecule has 0 aromatic rings. The lowest BCUT2D eigenvalue weighted by Crippen LogP contribution is -3.00. The highest BCUT2D eigenvalue weighted by molar-refractivity contribution is 14.1. The summed E-state index contributed by atoms with van der Waals surface area (Å²) in [5.41, 5.74) is 0. The van der Waals surface area contributed by atoms with E-state index in [0.29, 0.717) is 9.97 Å². The van der Waals surface area contributed by atoms with Gasteiger partial charge in [-0.3, -0.25) is 0 Å². The summed E-state index contributed by atoms with van der Waals surface area (Å²) >= 11 is 2.44. The van der Waals surface area contributed by atoms with Crippen molar-refractivity contribution in [3.8, 4) is 12.3 Å². The summed E-state index contributed by atoms with van der Waals surface area (Å²) in [6.07, 6.45) is 14.9. The van der Waals surface area contributed by atoms with Gasteiger partial charge in [0.1, 0.15) is 9.97 Å². The Balaban J connectivity index is 0. The third-order valence-corrected chi connectivity index (χ3v) is 5.01. The van der Waals surface area contributed by atoms with Crippen LogP contribution >= 0.6 is 22.6 Å². The number of halogens is 2. The van der Waals surface area contributed by atoms with Crippen molar-refractivity contribution in [3.63, 3.8) is 0 Å². The maximum absolute atomic E-state index is 5.63. The van der Waals surface area contributed by atoms with E-state index in [-0.39, 0.29) is 12.4 Å². The first kappa shape index (κ1) is 21.8. The summed E-state index contributed by atoms with van der Waals surface area (Å²) in [6.45, 7) is 5.79. The van der Waals surface area contributed by atoms with Crippen LogP contribution in [0, 0.1) is 12.3 Å². The van der Waals surface area contributed by atoms with Crippen LogP contribution in [0.2, 0.25) is 0 Å². The van der Waals surface area contributed by atoms with Crippen molar-refractivity contribution < 1.29 is 16.9 Å². The van der Waals surface area contributed by atoms with Crippen LogP contribution in [0.1, 0.15) is 58.8 Å². The Bertz CT molecular complexity index is 248. The Morgan fingerprint density at radius 2 is 1.63 bits per heavy atom. The predicted octanol–water partition coefficient (Wildman–Crippen LogP) is 1.64. The number of rotatable bonds is 10. The van der Waals surface area contributed by atoms with Gasteiger partial charge in [0.05, 0.1) is 20.6 Å².